The van der Waals surface area contributed by atoms with Gasteiger partial charge in [-0.2, -0.15) is 5.10 Å². The zero-order chi connectivity index (χ0) is 26.2. The Hall–Kier alpha value is -4.08. The Morgan fingerprint density at radius 2 is 2.05 bits per heavy atom. The van der Waals surface area contributed by atoms with E-state index in [0.29, 0.717) is 23.5 Å². The summed E-state index contributed by atoms with van der Waals surface area (Å²) in [4.78, 5) is 30.6. The lowest BCUT2D eigenvalue weighted by atomic mass is 10.0. The van der Waals surface area contributed by atoms with E-state index in [4.69, 9.17) is 4.98 Å². The number of carbonyl (C=O) groups is 1. The molecule has 1 amide bonds. The monoisotopic (exact) mass is 508 g/mol. The minimum absolute atomic E-state index is 0.244. The molecule has 9 heteroatoms. The van der Waals surface area contributed by atoms with Gasteiger partial charge in [-0.15, -0.1) is 0 Å². The molecule has 6 rings (SSSR count). The summed E-state index contributed by atoms with van der Waals surface area (Å²) in [6, 6.07) is 14.7. The lowest BCUT2D eigenvalue weighted by Crippen LogP contribution is -2.53. The van der Waals surface area contributed by atoms with Gasteiger partial charge in [-0.1, -0.05) is 6.07 Å². The summed E-state index contributed by atoms with van der Waals surface area (Å²) in [6.07, 6.45) is 5.39. The van der Waals surface area contributed by atoms with E-state index in [1.54, 1.807) is 18.5 Å². The number of amides is 1. The molecule has 9 nitrogen and oxygen atoms in total. The molecule has 0 spiro atoms. The van der Waals surface area contributed by atoms with Crippen LogP contribution in [-0.4, -0.2) is 72.6 Å². The van der Waals surface area contributed by atoms with Crippen LogP contribution in [0.2, 0.25) is 0 Å². The Bertz CT molecular complexity index is 1600. The minimum Gasteiger partial charge on any atom is -0.346 e. The van der Waals surface area contributed by atoms with Crippen LogP contribution in [0.3, 0.4) is 0 Å². The smallest absolute Gasteiger partial charge is 0.274 e. The van der Waals surface area contributed by atoms with Crippen molar-refractivity contribution in [3.8, 4) is 11.1 Å². The SMILES string of the molecule is CC(C)N1CCN(Cc2cccc(C(=O)Nc3cc(-c4ccnc5[nH]ccc45)cc4[nH]ncc34)n2)CC1C. The summed E-state index contributed by atoms with van der Waals surface area (Å²) < 4.78 is 0. The molecule has 3 N–H and O–H groups in total. The molecule has 0 saturated carbocycles. The number of piperazine rings is 1. The molecule has 1 aliphatic heterocycles. The van der Waals surface area contributed by atoms with E-state index in [0.717, 1.165) is 64.9 Å². The van der Waals surface area contributed by atoms with Gasteiger partial charge in [-0.25, -0.2) is 9.97 Å². The number of aromatic amines is 2. The predicted octanol–water partition coefficient (Wildman–Crippen LogP) is 4.67. The normalized spacial score (nSPS) is 17.0. The highest BCUT2D eigenvalue weighted by atomic mass is 16.1. The third-order valence-corrected chi connectivity index (χ3v) is 7.43. The van der Waals surface area contributed by atoms with Crippen molar-refractivity contribution in [2.24, 2.45) is 0 Å². The number of anilines is 1. The average Bonchev–Trinajstić information content (AvgIpc) is 3.58. The van der Waals surface area contributed by atoms with Gasteiger partial charge in [0.25, 0.3) is 5.91 Å². The van der Waals surface area contributed by atoms with Crippen LogP contribution in [0.4, 0.5) is 5.69 Å². The maximum atomic E-state index is 13.4. The van der Waals surface area contributed by atoms with E-state index in [1.807, 2.05) is 42.6 Å². The van der Waals surface area contributed by atoms with Crippen molar-refractivity contribution in [2.75, 3.05) is 25.0 Å². The summed E-state index contributed by atoms with van der Waals surface area (Å²) in [7, 11) is 0. The van der Waals surface area contributed by atoms with E-state index >= 15 is 0 Å². The third kappa shape index (κ3) is 4.66. The molecular formula is C29H32N8O. The Morgan fingerprint density at radius 1 is 1.16 bits per heavy atom. The molecule has 1 atom stereocenters. The van der Waals surface area contributed by atoms with Crippen LogP contribution in [0.5, 0.6) is 0 Å². The lowest BCUT2D eigenvalue weighted by molar-refractivity contribution is 0.0558. The second-order valence-electron chi connectivity index (χ2n) is 10.3. The van der Waals surface area contributed by atoms with E-state index in [-0.39, 0.29) is 5.91 Å². The van der Waals surface area contributed by atoms with Gasteiger partial charge < -0.3 is 10.3 Å². The Labute approximate surface area is 221 Å². The van der Waals surface area contributed by atoms with Crippen LogP contribution in [0.15, 0.2) is 61.1 Å². The molecule has 1 aliphatic rings. The van der Waals surface area contributed by atoms with Crippen LogP contribution in [0.25, 0.3) is 33.1 Å². The van der Waals surface area contributed by atoms with Gasteiger partial charge >= 0.3 is 0 Å². The highest BCUT2D eigenvalue weighted by molar-refractivity contribution is 6.09. The van der Waals surface area contributed by atoms with E-state index in [2.05, 4.69) is 56.1 Å². The zero-order valence-corrected chi connectivity index (χ0v) is 21.9. The maximum absolute atomic E-state index is 13.4. The number of pyridine rings is 2. The summed E-state index contributed by atoms with van der Waals surface area (Å²) in [5, 5.41) is 12.2. The Kier molecular flexibility index (Phi) is 6.39. The van der Waals surface area contributed by atoms with Crippen molar-refractivity contribution in [3.05, 3.63) is 72.4 Å². The lowest BCUT2D eigenvalue weighted by Gasteiger charge is -2.42. The number of rotatable bonds is 6. The van der Waals surface area contributed by atoms with Gasteiger partial charge in [-0.3, -0.25) is 19.7 Å². The Morgan fingerprint density at radius 3 is 2.89 bits per heavy atom. The number of nitrogens with zero attached hydrogens (tertiary/aromatic N) is 5. The number of benzene rings is 1. The predicted molar refractivity (Wildman–Crippen MR) is 150 cm³/mol. The van der Waals surface area contributed by atoms with Gasteiger partial charge in [0.2, 0.25) is 0 Å². The molecule has 5 heterocycles. The molecule has 5 aromatic rings. The van der Waals surface area contributed by atoms with Gasteiger partial charge in [0.05, 0.1) is 23.1 Å². The molecule has 0 aliphatic carbocycles. The highest BCUT2D eigenvalue weighted by Crippen LogP contribution is 2.33. The van der Waals surface area contributed by atoms with Crippen molar-refractivity contribution >= 4 is 33.5 Å². The van der Waals surface area contributed by atoms with E-state index < -0.39 is 0 Å². The molecule has 194 valence electrons. The van der Waals surface area contributed by atoms with Crippen LogP contribution in [-0.2, 0) is 6.54 Å². The molecule has 1 unspecified atom stereocenters. The molecule has 38 heavy (non-hydrogen) atoms. The van der Waals surface area contributed by atoms with Crippen LogP contribution in [0.1, 0.15) is 37.0 Å². The number of aromatic nitrogens is 5. The molecule has 0 bridgehead atoms. The number of hydrogen-bond donors (Lipinski definition) is 3. The van der Waals surface area contributed by atoms with E-state index in [9.17, 15) is 4.79 Å². The first kappa shape index (κ1) is 24.3. The Balaban J connectivity index is 1.24. The fourth-order valence-corrected chi connectivity index (χ4v) is 5.59. The van der Waals surface area contributed by atoms with E-state index in [1.165, 1.54) is 0 Å². The first-order chi connectivity index (χ1) is 18.5. The fraction of sp³-hybridized carbons (Fsp3) is 0.310. The zero-order valence-electron chi connectivity index (χ0n) is 21.9. The van der Waals surface area contributed by atoms with Gasteiger partial charge in [-0.05, 0) is 68.3 Å². The van der Waals surface area contributed by atoms with Crippen LogP contribution >= 0.6 is 0 Å². The van der Waals surface area contributed by atoms with Crippen molar-refractivity contribution < 1.29 is 4.79 Å². The fourth-order valence-electron chi connectivity index (χ4n) is 5.59. The highest BCUT2D eigenvalue weighted by Gasteiger charge is 2.25. The molecule has 0 radical (unpaired) electrons. The molecule has 1 saturated heterocycles. The first-order valence-corrected chi connectivity index (χ1v) is 13.1. The quantitative estimate of drug-likeness (QED) is 0.308. The first-order valence-electron chi connectivity index (χ1n) is 13.1. The van der Waals surface area contributed by atoms with Gasteiger partial charge in [0.15, 0.2) is 0 Å². The standard InChI is InChI=1S/C29H32N8O/c1-18(2)37-12-11-36(16-19(37)3)17-21-5-4-6-25(33-21)29(38)34-26-13-20(14-27-24(26)15-32-35-27)22-7-9-30-28-23(22)8-10-31-28/h4-10,13-15,18-19H,11-12,16-17H2,1-3H3,(H,30,31)(H,32,35)(H,34,38). The minimum atomic E-state index is -0.244. The van der Waals surface area contributed by atoms with Crippen molar-refractivity contribution in [3.63, 3.8) is 0 Å². The van der Waals surface area contributed by atoms with Gasteiger partial charge in [0, 0.05) is 61.4 Å². The van der Waals surface area contributed by atoms with Crippen molar-refractivity contribution in [1.29, 1.82) is 0 Å². The maximum Gasteiger partial charge on any atom is 0.274 e. The van der Waals surface area contributed by atoms with Crippen LogP contribution < -0.4 is 5.32 Å². The average molecular weight is 509 g/mol. The summed E-state index contributed by atoms with van der Waals surface area (Å²) in [5.74, 6) is -0.244. The number of fused-ring (bicyclic) bond motifs is 2. The van der Waals surface area contributed by atoms with Crippen LogP contribution in [0, 0.1) is 0 Å². The molecule has 1 aromatic carbocycles. The largest absolute Gasteiger partial charge is 0.346 e. The number of H-pyrrole nitrogens is 2. The number of hydrogen-bond acceptors (Lipinski definition) is 6. The third-order valence-electron chi connectivity index (χ3n) is 7.43. The number of nitrogens with one attached hydrogen (secondary N) is 3. The topological polar surface area (TPSA) is 106 Å². The summed E-state index contributed by atoms with van der Waals surface area (Å²) in [5.41, 5.74) is 5.62. The van der Waals surface area contributed by atoms with Crippen molar-refractivity contribution in [1.82, 2.24) is 34.9 Å². The number of carbonyl (C=O) groups excluding carboxylic acids is 1. The van der Waals surface area contributed by atoms with Gasteiger partial charge in [0.1, 0.15) is 11.3 Å². The second-order valence-corrected chi connectivity index (χ2v) is 10.3. The van der Waals surface area contributed by atoms with Crippen molar-refractivity contribution in [2.45, 2.75) is 39.4 Å². The summed E-state index contributed by atoms with van der Waals surface area (Å²) >= 11 is 0. The molecule has 4 aromatic heterocycles. The molecule has 1 fully saturated rings. The second kappa shape index (κ2) is 10.00. The summed E-state index contributed by atoms with van der Waals surface area (Å²) in [6.45, 7) is 10.5. The molecular weight excluding hydrogens is 476 g/mol.